The Balaban J connectivity index is 1.54. The summed E-state index contributed by atoms with van der Waals surface area (Å²) in [6.07, 6.45) is 7.03. The van der Waals surface area contributed by atoms with Crippen molar-refractivity contribution in [3.8, 4) is 0 Å². The highest BCUT2D eigenvalue weighted by Crippen LogP contribution is 2.28. The summed E-state index contributed by atoms with van der Waals surface area (Å²) >= 11 is 3.42. The van der Waals surface area contributed by atoms with Crippen LogP contribution in [-0.4, -0.2) is 33.4 Å². The summed E-state index contributed by atoms with van der Waals surface area (Å²) in [6, 6.07) is 5.06. The van der Waals surface area contributed by atoms with Crippen molar-refractivity contribution in [2.24, 2.45) is 0 Å². The molecule has 2 fully saturated rings. The lowest BCUT2D eigenvalue weighted by Crippen LogP contribution is -2.43. The number of rotatable bonds is 2. The van der Waals surface area contributed by atoms with E-state index in [9.17, 15) is 4.79 Å². The summed E-state index contributed by atoms with van der Waals surface area (Å²) in [5.41, 5.74) is 1.44. The largest absolute Gasteiger partial charge is 0.346 e. The van der Waals surface area contributed by atoms with Crippen LogP contribution in [0.25, 0.3) is 5.52 Å². The molecule has 2 aliphatic heterocycles. The Bertz CT molecular complexity index is 683. The van der Waals surface area contributed by atoms with Crippen LogP contribution in [0.3, 0.4) is 0 Å². The topological polar surface area (TPSA) is 58.4 Å². The number of amides is 1. The fourth-order valence-electron chi connectivity index (χ4n) is 3.33. The van der Waals surface area contributed by atoms with Crippen LogP contribution >= 0.6 is 15.9 Å². The summed E-state index contributed by atoms with van der Waals surface area (Å²) in [5.74, 6) is -0.0795. The molecule has 1 amide bonds. The molecule has 3 atom stereocenters. The van der Waals surface area contributed by atoms with E-state index in [2.05, 4.69) is 31.5 Å². The quantitative estimate of drug-likeness (QED) is 0.879. The Hall–Kier alpha value is -1.40. The molecule has 6 heteroatoms. The van der Waals surface area contributed by atoms with Gasteiger partial charge in [0.2, 0.25) is 0 Å². The van der Waals surface area contributed by atoms with Gasteiger partial charge in [-0.2, -0.15) is 0 Å². The Labute approximate surface area is 124 Å². The van der Waals surface area contributed by atoms with Crippen molar-refractivity contribution in [3.05, 3.63) is 34.8 Å². The third-order valence-corrected chi connectivity index (χ3v) is 4.74. The van der Waals surface area contributed by atoms with Crippen LogP contribution in [0.1, 0.15) is 29.8 Å². The maximum Gasteiger partial charge on any atom is 0.270 e. The predicted molar refractivity (Wildman–Crippen MR) is 78.7 cm³/mol. The monoisotopic (exact) mass is 334 g/mol. The third-order valence-electron chi connectivity index (χ3n) is 4.30. The molecule has 2 bridgehead atoms. The third kappa shape index (κ3) is 2.03. The zero-order valence-electron chi connectivity index (χ0n) is 10.8. The van der Waals surface area contributed by atoms with Crippen LogP contribution in [0.15, 0.2) is 29.1 Å². The van der Waals surface area contributed by atoms with Crippen molar-refractivity contribution in [2.75, 3.05) is 0 Å². The molecule has 0 aromatic carbocycles. The van der Waals surface area contributed by atoms with Crippen LogP contribution in [0.2, 0.25) is 0 Å². The lowest BCUT2D eigenvalue weighted by atomic mass is 9.95. The number of nitrogens with zero attached hydrogens (tertiary/aromatic N) is 2. The highest BCUT2D eigenvalue weighted by Gasteiger charge is 2.39. The fourth-order valence-corrected chi connectivity index (χ4v) is 3.78. The van der Waals surface area contributed by atoms with E-state index < -0.39 is 0 Å². The van der Waals surface area contributed by atoms with Crippen molar-refractivity contribution in [1.82, 2.24) is 20.0 Å². The normalized spacial score (nSPS) is 28.1. The molecular weight excluding hydrogens is 320 g/mol. The first-order chi connectivity index (χ1) is 9.69. The van der Waals surface area contributed by atoms with Gasteiger partial charge in [-0.3, -0.25) is 4.79 Å². The SMILES string of the molecule is O=C(N[C@@H]1C[C@H]2CC[C@@H]1N2)c1cc2cc(Br)cn2cn1. The lowest BCUT2D eigenvalue weighted by Gasteiger charge is -2.21. The number of halogens is 1. The average molecular weight is 335 g/mol. The Kier molecular flexibility index (Phi) is 2.82. The molecule has 0 spiro atoms. The van der Waals surface area contributed by atoms with Crippen LogP contribution in [0.5, 0.6) is 0 Å². The number of carbonyl (C=O) groups is 1. The van der Waals surface area contributed by atoms with Crippen molar-refractivity contribution >= 4 is 27.4 Å². The fraction of sp³-hybridized carbons (Fsp3) is 0.429. The molecule has 5 nitrogen and oxygen atoms in total. The first-order valence-corrected chi connectivity index (χ1v) is 7.68. The Morgan fingerprint density at radius 2 is 2.35 bits per heavy atom. The van der Waals surface area contributed by atoms with Crippen molar-refractivity contribution in [3.63, 3.8) is 0 Å². The first-order valence-electron chi connectivity index (χ1n) is 6.89. The second-order valence-electron chi connectivity index (χ2n) is 5.63. The summed E-state index contributed by atoms with van der Waals surface area (Å²) < 4.78 is 2.87. The second-order valence-corrected chi connectivity index (χ2v) is 6.54. The first kappa shape index (κ1) is 12.3. The van der Waals surface area contributed by atoms with Crippen LogP contribution < -0.4 is 10.6 Å². The van der Waals surface area contributed by atoms with E-state index >= 15 is 0 Å². The van der Waals surface area contributed by atoms with E-state index in [0.717, 1.165) is 22.8 Å². The van der Waals surface area contributed by atoms with Crippen molar-refractivity contribution < 1.29 is 4.79 Å². The molecule has 2 N–H and O–H groups in total. The maximum absolute atomic E-state index is 12.3. The highest BCUT2D eigenvalue weighted by molar-refractivity contribution is 9.10. The van der Waals surface area contributed by atoms with Gasteiger partial charge < -0.3 is 15.0 Å². The molecule has 4 rings (SSSR count). The minimum Gasteiger partial charge on any atom is -0.346 e. The van der Waals surface area contributed by atoms with Gasteiger partial charge in [-0.1, -0.05) is 0 Å². The smallest absolute Gasteiger partial charge is 0.270 e. The summed E-state index contributed by atoms with van der Waals surface area (Å²) in [4.78, 5) is 16.5. The van der Waals surface area contributed by atoms with Crippen LogP contribution in [0, 0.1) is 0 Å². The number of fused-ring (bicyclic) bond motifs is 3. The Morgan fingerprint density at radius 1 is 1.45 bits per heavy atom. The molecule has 4 heterocycles. The minimum atomic E-state index is -0.0795. The molecule has 2 aromatic rings. The summed E-state index contributed by atoms with van der Waals surface area (Å²) in [7, 11) is 0. The van der Waals surface area contributed by atoms with Crippen LogP contribution in [0.4, 0.5) is 0 Å². The van der Waals surface area contributed by atoms with Gasteiger partial charge in [0, 0.05) is 34.3 Å². The van der Waals surface area contributed by atoms with E-state index in [0.29, 0.717) is 17.8 Å². The molecule has 0 saturated carbocycles. The molecule has 20 heavy (non-hydrogen) atoms. The maximum atomic E-state index is 12.3. The predicted octanol–water partition coefficient (Wildman–Crippen LogP) is 1.72. The van der Waals surface area contributed by atoms with Gasteiger partial charge in [0.05, 0.1) is 0 Å². The van der Waals surface area contributed by atoms with Crippen molar-refractivity contribution in [1.29, 1.82) is 0 Å². The molecule has 0 aliphatic carbocycles. The van der Waals surface area contributed by atoms with Gasteiger partial charge in [0.15, 0.2) is 0 Å². The number of aromatic nitrogens is 2. The summed E-state index contributed by atoms with van der Waals surface area (Å²) in [6.45, 7) is 0. The molecule has 2 aliphatic rings. The van der Waals surface area contributed by atoms with E-state index in [4.69, 9.17) is 0 Å². The minimum absolute atomic E-state index is 0.0795. The van der Waals surface area contributed by atoms with Gasteiger partial charge in [-0.05, 0) is 47.3 Å². The highest BCUT2D eigenvalue weighted by atomic mass is 79.9. The molecule has 2 aromatic heterocycles. The number of nitrogens with one attached hydrogen (secondary N) is 2. The van der Waals surface area contributed by atoms with E-state index in [-0.39, 0.29) is 11.9 Å². The van der Waals surface area contributed by atoms with E-state index in [1.54, 1.807) is 6.33 Å². The van der Waals surface area contributed by atoms with E-state index in [1.165, 1.54) is 6.42 Å². The lowest BCUT2D eigenvalue weighted by molar-refractivity contribution is 0.0926. The van der Waals surface area contributed by atoms with Gasteiger partial charge in [0.1, 0.15) is 12.0 Å². The molecular formula is C14H15BrN4O. The van der Waals surface area contributed by atoms with Crippen molar-refractivity contribution in [2.45, 2.75) is 37.4 Å². The average Bonchev–Trinajstić information content (AvgIpc) is 3.10. The molecule has 0 radical (unpaired) electrons. The second kappa shape index (κ2) is 4.56. The Morgan fingerprint density at radius 3 is 3.10 bits per heavy atom. The van der Waals surface area contributed by atoms with Gasteiger partial charge in [0.25, 0.3) is 5.91 Å². The molecule has 104 valence electrons. The molecule has 2 saturated heterocycles. The zero-order valence-corrected chi connectivity index (χ0v) is 12.4. The van der Waals surface area contributed by atoms with Crippen LogP contribution in [-0.2, 0) is 0 Å². The molecule has 0 unspecified atom stereocenters. The number of carbonyl (C=O) groups excluding carboxylic acids is 1. The van der Waals surface area contributed by atoms with Gasteiger partial charge >= 0.3 is 0 Å². The zero-order chi connectivity index (χ0) is 13.7. The van der Waals surface area contributed by atoms with Gasteiger partial charge in [-0.15, -0.1) is 0 Å². The van der Waals surface area contributed by atoms with Gasteiger partial charge in [-0.25, -0.2) is 4.98 Å². The standard InChI is InChI=1S/C14H15BrN4O/c15-8-3-10-5-13(16-7-19(10)6-8)14(20)18-12-4-9-1-2-11(12)17-9/h3,5-7,9,11-12,17H,1-2,4H2,(H,18,20)/t9-,11+,12-/m1/s1. The van der Waals surface area contributed by atoms with E-state index in [1.807, 2.05) is 22.7 Å². The number of hydrogen-bond donors (Lipinski definition) is 2. The summed E-state index contributed by atoms with van der Waals surface area (Å²) in [5, 5.41) is 6.64. The number of hydrogen-bond acceptors (Lipinski definition) is 3.